The normalized spacial score (nSPS) is 18.3. The third kappa shape index (κ3) is 5.69. The summed E-state index contributed by atoms with van der Waals surface area (Å²) in [6.45, 7) is 7.37. The number of likely N-dealkylation sites (N-methyl/N-ethyl adjacent to an activating group) is 1. The van der Waals surface area contributed by atoms with Crippen molar-refractivity contribution in [2.45, 2.75) is 46.3 Å². The minimum absolute atomic E-state index is 0.00606. The Hall–Kier alpha value is -2.09. The van der Waals surface area contributed by atoms with Gasteiger partial charge in [-0.25, -0.2) is 8.42 Å². The molecule has 0 radical (unpaired) electrons. The summed E-state index contributed by atoms with van der Waals surface area (Å²) in [5.74, 6) is 0.284. The Kier molecular flexibility index (Phi) is 6.86. The maximum absolute atomic E-state index is 12.8. The van der Waals surface area contributed by atoms with Crippen LogP contribution in [0.3, 0.4) is 0 Å². The molecular formula is C19H28N2O5S. The fourth-order valence-corrected chi connectivity index (χ4v) is 4.98. The van der Waals surface area contributed by atoms with Gasteiger partial charge in [0.2, 0.25) is 11.8 Å². The molecule has 1 unspecified atom stereocenters. The van der Waals surface area contributed by atoms with E-state index in [-0.39, 0.29) is 42.0 Å². The van der Waals surface area contributed by atoms with Crippen LogP contribution in [0, 0.1) is 0 Å². The number of carbonyl (C=O) groups is 2. The average Bonchev–Trinajstić information content (AvgIpc) is 2.93. The number of hydrogen-bond acceptors (Lipinski definition) is 5. The van der Waals surface area contributed by atoms with Gasteiger partial charge in [0.05, 0.1) is 17.6 Å². The number of nitrogens with zero attached hydrogens (tertiary/aromatic N) is 2. The van der Waals surface area contributed by atoms with Crippen LogP contribution < -0.4 is 9.64 Å². The number of ether oxygens (including phenoxy) is 1. The minimum Gasteiger partial charge on any atom is -0.491 e. The topological polar surface area (TPSA) is 84.0 Å². The maximum Gasteiger partial charge on any atom is 0.242 e. The first-order chi connectivity index (χ1) is 12.6. The zero-order chi connectivity index (χ0) is 20.2. The fourth-order valence-electron chi connectivity index (χ4n) is 3.25. The molecule has 27 heavy (non-hydrogen) atoms. The highest BCUT2D eigenvalue weighted by molar-refractivity contribution is 7.91. The van der Waals surface area contributed by atoms with Gasteiger partial charge in [0.25, 0.3) is 0 Å². The molecule has 2 amide bonds. The lowest BCUT2D eigenvalue weighted by Gasteiger charge is -2.30. The second-order valence-corrected chi connectivity index (χ2v) is 9.23. The number of amides is 2. The highest BCUT2D eigenvalue weighted by Crippen LogP contribution is 2.22. The van der Waals surface area contributed by atoms with Gasteiger partial charge in [-0.15, -0.1) is 0 Å². The van der Waals surface area contributed by atoms with Crippen molar-refractivity contribution in [3.63, 3.8) is 0 Å². The highest BCUT2D eigenvalue weighted by atomic mass is 32.2. The standard InChI is InChI=1S/C19H28N2O5S/c1-5-20(17-10-11-27(24,25)13-17)19(23)12-21(15(4)22)16-6-8-18(9-7-16)26-14(2)3/h6-9,14,17H,5,10-13H2,1-4H3. The van der Waals surface area contributed by atoms with E-state index in [9.17, 15) is 18.0 Å². The quantitative estimate of drug-likeness (QED) is 0.702. The monoisotopic (exact) mass is 396 g/mol. The number of benzene rings is 1. The third-order valence-corrected chi connectivity index (χ3v) is 6.25. The van der Waals surface area contributed by atoms with Gasteiger partial charge < -0.3 is 14.5 Å². The van der Waals surface area contributed by atoms with Gasteiger partial charge in [0.15, 0.2) is 9.84 Å². The van der Waals surface area contributed by atoms with Crippen molar-refractivity contribution in [2.75, 3.05) is 29.5 Å². The van der Waals surface area contributed by atoms with Crippen molar-refractivity contribution >= 4 is 27.3 Å². The summed E-state index contributed by atoms with van der Waals surface area (Å²) in [4.78, 5) is 27.9. The molecule has 0 aromatic heterocycles. The molecule has 1 aliphatic rings. The Balaban J connectivity index is 2.12. The van der Waals surface area contributed by atoms with Crippen LogP contribution in [0.2, 0.25) is 0 Å². The summed E-state index contributed by atoms with van der Waals surface area (Å²) in [6.07, 6.45) is 0.491. The van der Waals surface area contributed by atoms with E-state index in [4.69, 9.17) is 4.74 Å². The molecule has 7 nitrogen and oxygen atoms in total. The average molecular weight is 397 g/mol. The fraction of sp³-hybridized carbons (Fsp3) is 0.579. The van der Waals surface area contributed by atoms with E-state index in [1.54, 1.807) is 29.2 Å². The predicted octanol–water partition coefficient (Wildman–Crippen LogP) is 1.86. The second-order valence-electron chi connectivity index (χ2n) is 7.00. The van der Waals surface area contributed by atoms with E-state index in [2.05, 4.69) is 0 Å². The van der Waals surface area contributed by atoms with Crippen molar-refractivity contribution in [3.05, 3.63) is 24.3 Å². The smallest absolute Gasteiger partial charge is 0.242 e. The van der Waals surface area contributed by atoms with Crippen LogP contribution in [0.1, 0.15) is 34.1 Å². The number of rotatable bonds is 7. The van der Waals surface area contributed by atoms with Gasteiger partial charge in [0.1, 0.15) is 12.3 Å². The van der Waals surface area contributed by atoms with E-state index in [1.165, 1.54) is 11.8 Å². The lowest BCUT2D eigenvalue weighted by Crippen LogP contribution is -2.47. The Labute approximate surface area is 161 Å². The zero-order valence-electron chi connectivity index (χ0n) is 16.3. The highest BCUT2D eigenvalue weighted by Gasteiger charge is 2.34. The number of sulfone groups is 1. The molecule has 0 spiro atoms. The Morgan fingerprint density at radius 2 is 1.85 bits per heavy atom. The van der Waals surface area contributed by atoms with Crippen molar-refractivity contribution in [3.8, 4) is 5.75 Å². The first-order valence-electron chi connectivity index (χ1n) is 9.17. The van der Waals surface area contributed by atoms with Crippen LogP contribution in [0.15, 0.2) is 24.3 Å². The summed E-state index contributed by atoms with van der Waals surface area (Å²) < 4.78 is 29.1. The molecule has 1 heterocycles. The first-order valence-corrected chi connectivity index (χ1v) is 11.0. The molecule has 2 rings (SSSR count). The second kappa shape index (κ2) is 8.73. The zero-order valence-corrected chi connectivity index (χ0v) is 17.2. The number of carbonyl (C=O) groups excluding carboxylic acids is 2. The minimum atomic E-state index is -3.08. The Morgan fingerprint density at radius 1 is 1.22 bits per heavy atom. The van der Waals surface area contributed by atoms with E-state index in [1.807, 2.05) is 20.8 Å². The molecule has 0 N–H and O–H groups in total. The lowest BCUT2D eigenvalue weighted by molar-refractivity contribution is -0.132. The Bertz CT molecular complexity index is 774. The van der Waals surface area contributed by atoms with Gasteiger partial charge in [0, 0.05) is 25.2 Å². The lowest BCUT2D eigenvalue weighted by atomic mass is 10.2. The summed E-state index contributed by atoms with van der Waals surface area (Å²) >= 11 is 0. The van der Waals surface area contributed by atoms with E-state index in [0.29, 0.717) is 24.4 Å². The van der Waals surface area contributed by atoms with Crippen LogP contribution in [0.5, 0.6) is 5.75 Å². The molecule has 0 bridgehead atoms. The van der Waals surface area contributed by atoms with Crippen molar-refractivity contribution in [1.82, 2.24) is 4.90 Å². The van der Waals surface area contributed by atoms with E-state index < -0.39 is 9.84 Å². The van der Waals surface area contributed by atoms with Gasteiger partial charge in [-0.3, -0.25) is 9.59 Å². The molecule has 0 aliphatic carbocycles. The molecular weight excluding hydrogens is 368 g/mol. The predicted molar refractivity (Wildman–Crippen MR) is 105 cm³/mol. The van der Waals surface area contributed by atoms with Crippen molar-refractivity contribution in [1.29, 1.82) is 0 Å². The van der Waals surface area contributed by atoms with Crippen LogP contribution in [-0.4, -0.2) is 61.9 Å². The van der Waals surface area contributed by atoms with Crippen LogP contribution in [0.4, 0.5) is 5.69 Å². The molecule has 1 fully saturated rings. The molecule has 8 heteroatoms. The van der Waals surface area contributed by atoms with Crippen LogP contribution >= 0.6 is 0 Å². The van der Waals surface area contributed by atoms with Crippen LogP contribution in [0.25, 0.3) is 0 Å². The van der Waals surface area contributed by atoms with Gasteiger partial charge in [-0.1, -0.05) is 0 Å². The molecule has 1 aromatic rings. The Morgan fingerprint density at radius 3 is 2.30 bits per heavy atom. The molecule has 1 aromatic carbocycles. The van der Waals surface area contributed by atoms with Gasteiger partial charge in [-0.05, 0) is 51.5 Å². The largest absolute Gasteiger partial charge is 0.491 e. The summed E-state index contributed by atoms with van der Waals surface area (Å²) in [5.41, 5.74) is 0.599. The van der Waals surface area contributed by atoms with E-state index >= 15 is 0 Å². The summed E-state index contributed by atoms with van der Waals surface area (Å²) in [7, 11) is -3.08. The summed E-state index contributed by atoms with van der Waals surface area (Å²) in [6, 6.07) is 6.68. The third-order valence-electron chi connectivity index (χ3n) is 4.50. The van der Waals surface area contributed by atoms with Crippen molar-refractivity contribution in [2.24, 2.45) is 0 Å². The number of anilines is 1. The van der Waals surface area contributed by atoms with Crippen molar-refractivity contribution < 1.29 is 22.7 Å². The van der Waals surface area contributed by atoms with E-state index in [0.717, 1.165) is 0 Å². The van der Waals surface area contributed by atoms with Crippen LogP contribution in [-0.2, 0) is 19.4 Å². The first kappa shape index (κ1) is 21.2. The molecule has 1 aliphatic heterocycles. The molecule has 1 saturated heterocycles. The summed E-state index contributed by atoms with van der Waals surface area (Å²) in [5, 5.41) is 0. The molecule has 150 valence electrons. The van der Waals surface area contributed by atoms with Gasteiger partial charge in [-0.2, -0.15) is 0 Å². The molecule has 1 atom stereocenters. The molecule has 0 saturated carbocycles. The maximum atomic E-state index is 12.8. The number of hydrogen-bond donors (Lipinski definition) is 0. The van der Waals surface area contributed by atoms with Gasteiger partial charge >= 0.3 is 0 Å². The SMILES string of the molecule is CCN(C(=O)CN(C(C)=O)c1ccc(OC(C)C)cc1)C1CCS(=O)(=O)C1.